The number of halogens is 1. The first-order valence-corrected chi connectivity index (χ1v) is 12.7. The van der Waals surface area contributed by atoms with E-state index < -0.39 is 16.9 Å². The summed E-state index contributed by atoms with van der Waals surface area (Å²) in [6.45, 7) is 6.36. The van der Waals surface area contributed by atoms with Gasteiger partial charge in [-0.2, -0.15) is 5.10 Å². The Morgan fingerprint density at radius 3 is 2.66 bits per heavy atom. The van der Waals surface area contributed by atoms with Gasteiger partial charge in [-0.3, -0.25) is 9.48 Å². The van der Waals surface area contributed by atoms with Crippen molar-refractivity contribution in [2.75, 3.05) is 5.75 Å². The van der Waals surface area contributed by atoms with Crippen molar-refractivity contribution in [3.63, 3.8) is 0 Å². The van der Waals surface area contributed by atoms with Crippen LogP contribution in [0.4, 0.5) is 0 Å². The van der Waals surface area contributed by atoms with E-state index in [1.807, 2.05) is 11.4 Å². The van der Waals surface area contributed by atoms with E-state index in [1.165, 1.54) is 28.0 Å². The van der Waals surface area contributed by atoms with Crippen LogP contribution in [0.5, 0.6) is 0 Å². The monoisotopic (exact) mass is 534 g/mol. The van der Waals surface area contributed by atoms with Gasteiger partial charge in [-0.15, -0.1) is 23.1 Å². The first kappa shape index (κ1) is 23.0. The molecule has 3 heterocycles. The van der Waals surface area contributed by atoms with Crippen LogP contribution in [-0.4, -0.2) is 47.9 Å². The van der Waals surface area contributed by atoms with E-state index in [9.17, 15) is 14.7 Å². The Morgan fingerprint density at radius 2 is 2.09 bits per heavy atom. The lowest BCUT2D eigenvalue weighted by Gasteiger charge is -2.36. The zero-order chi connectivity index (χ0) is 23.1. The Hall–Kier alpha value is -2.17. The number of hydrogen-bond donors (Lipinski definition) is 1. The van der Waals surface area contributed by atoms with Gasteiger partial charge in [0.1, 0.15) is 10.4 Å². The van der Waals surface area contributed by atoms with Crippen molar-refractivity contribution in [3.05, 3.63) is 68.8 Å². The van der Waals surface area contributed by atoms with Gasteiger partial charge < -0.3 is 10.0 Å². The summed E-state index contributed by atoms with van der Waals surface area (Å²) in [6.07, 6.45) is 4.99. The third kappa shape index (κ3) is 4.11. The van der Waals surface area contributed by atoms with Crippen molar-refractivity contribution in [1.82, 2.24) is 19.7 Å². The first-order valence-electron chi connectivity index (χ1n) is 9.99. The fraction of sp³-hybridized carbons (Fsp3) is 0.364. The minimum Gasteiger partial charge on any atom is -0.479 e. The largest absolute Gasteiger partial charge is 0.479 e. The molecule has 2 aromatic heterocycles. The van der Waals surface area contributed by atoms with E-state index in [-0.39, 0.29) is 23.6 Å². The van der Waals surface area contributed by atoms with Gasteiger partial charge in [0.05, 0.1) is 6.54 Å². The highest BCUT2D eigenvalue weighted by molar-refractivity contribution is 9.10. The molecule has 4 rings (SSSR count). The van der Waals surface area contributed by atoms with Crippen LogP contribution in [0.2, 0.25) is 0 Å². The Labute approximate surface area is 203 Å². The van der Waals surface area contributed by atoms with E-state index in [0.29, 0.717) is 10.6 Å². The Bertz CT molecular complexity index is 1130. The molecule has 2 unspecified atom stereocenters. The van der Waals surface area contributed by atoms with Gasteiger partial charge in [-0.1, -0.05) is 42.8 Å². The second kappa shape index (κ2) is 8.64. The Kier molecular flexibility index (Phi) is 6.21. The number of nitrogens with zero attached hydrogens (tertiary/aromatic N) is 4. The van der Waals surface area contributed by atoms with E-state index in [4.69, 9.17) is 0 Å². The molecule has 2 atom stereocenters. The molecule has 0 aliphatic carbocycles. The van der Waals surface area contributed by atoms with E-state index in [0.717, 1.165) is 10.0 Å². The SMILES string of the molecule is CC(C)(C)c1ccc(C(=O)N2C(c3nccs3)SCC2(Cn2cccn2)C(=O)O)cc1Br. The summed E-state index contributed by atoms with van der Waals surface area (Å²) < 4.78 is 2.39. The van der Waals surface area contributed by atoms with Crippen molar-refractivity contribution in [1.29, 1.82) is 0 Å². The van der Waals surface area contributed by atoms with Crippen molar-refractivity contribution >= 4 is 50.9 Å². The van der Waals surface area contributed by atoms with Crippen LogP contribution in [-0.2, 0) is 16.8 Å². The Balaban J connectivity index is 1.80. The van der Waals surface area contributed by atoms with Crippen LogP contribution < -0.4 is 0 Å². The highest BCUT2D eigenvalue weighted by Crippen LogP contribution is 2.49. The molecule has 1 aliphatic heterocycles. The van der Waals surface area contributed by atoms with Gasteiger partial charge in [0.15, 0.2) is 5.54 Å². The average Bonchev–Trinajstić information content (AvgIpc) is 3.48. The molecule has 1 N–H and O–H groups in total. The maximum atomic E-state index is 13.9. The molecule has 0 saturated carbocycles. The van der Waals surface area contributed by atoms with Crippen LogP contribution in [0, 0.1) is 0 Å². The van der Waals surface area contributed by atoms with Crippen LogP contribution in [0.3, 0.4) is 0 Å². The van der Waals surface area contributed by atoms with E-state index in [1.54, 1.807) is 41.5 Å². The smallest absolute Gasteiger partial charge is 0.332 e. The summed E-state index contributed by atoms with van der Waals surface area (Å²) in [5.74, 6) is -1.16. The van der Waals surface area contributed by atoms with E-state index in [2.05, 4.69) is 46.8 Å². The molecule has 1 aliphatic rings. The zero-order valence-electron chi connectivity index (χ0n) is 17.9. The summed E-state index contributed by atoms with van der Waals surface area (Å²) >= 11 is 6.44. The number of amides is 1. The van der Waals surface area contributed by atoms with Crippen molar-refractivity contribution in [2.45, 2.75) is 43.6 Å². The second-order valence-electron chi connectivity index (χ2n) is 8.69. The van der Waals surface area contributed by atoms with Gasteiger partial charge in [-0.05, 0) is 29.2 Å². The van der Waals surface area contributed by atoms with Gasteiger partial charge in [0, 0.05) is 39.8 Å². The first-order chi connectivity index (χ1) is 15.1. The average molecular weight is 535 g/mol. The zero-order valence-corrected chi connectivity index (χ0v) is 21.1. The minimum atomic E-state index is -1.46. The predicted molar refractivity (Wildman–Crippen MR) is 129 cm³/mol. The third-order valence-corrected chi connectivity index (χ3v) is 8.49. The van der Waals surface area contributed by atoms with Crippen LogP contribution >= 0.6 is 39.0 Å². The van der Waals surface area contributed by atoms with Crippen LogP contribution in [0.25, 0.3) is 0 Å². The van der Waals surface area contributed by atoms with Gasteiger partial charge in [0.25, 0.3) is 5.91 Å². The summed E-state index contributed by atoms with van der Waals surface area (Å²) in [6, 6.07) is 7.22. The van der Waals surface area contributed by atoms with Crippen molar-refractivity contribution in [3.8, 4) is 0 Å². The molecule has 10 heteroatoms. The van der Waals surface area contributed by atoms with Crippen molar-refractivity contribution in [2.24, 2.45) is 0 Å². The molecule has 1 fully saturated rings. The number of carboxylic acids is 1. The fourth-order valence-corrected chi connectivity index (χ4v) is 7.22. The lowest BCUT2D eigenvalue weighted by Crippen LogP contribution is -2.58. The number of carbonyl (C=O) groups excluding carboxylic acids is 1. The lowest BCUT2D eigenvalue weighted by atomic mass is 9.86. The molecule has 7 nitrogen and oxygen atoms in total. The molecule has 168 valence electrons. The molecule has 0 spiro atoms. The molecule has 32 heavy (non-hydrogen) atoms. The van der Waals surface area contributed by atoms with Gasteiger partial charge >= 0.3 is 5.97 Å². The number of benzene rings is 1. The van der Waals surface area contributed by atoms with Crippen LogP contribution in [0.15, 0.2) is 52.7 Å². The molecule has 0 bridgehead atoms. The quantitative estimate of drug-likeness (QED) is 0.505. The number of thiazole rings is 1. The minimum absolute atomic E-state index is 0.0528. The summed E-state index contributed by atoms with van der Waals surface area (Å²) in [4.78, 5) is 32.5. The van der Waals surface area contributed by atoms with Crippen molar-refractivity contribution < 1.29 is 14.7 Å². The number of rotatable bonds is 5. The molecule has 3 aromatic rings. The van der Waals surface area contributed by atoms with Gasteiger partial charge in [-0.25, -0.2) is 9.78 Å². The number of aromatic nitrogens is 3. The summed E-state index contributed by atoms with van der Waals surface area (Å²) in [5, 5.41) is 16.6. The highest BCUT2D eigenvalue weighted by atomic mass is 79.9. The summed E-state index contributed by atoms with van der Waals surface area (Å²) in [7, 11) is 0. The summed E-state index contributed by atoms with van der Waals surface area (Å²) in [5.41, 5.74) is -0.0558. The third-order valence-electron chi connectivity index (χ3n) is 5.46. The number of hydrogen-bond acceptors (Lipinski definition) is 6. The maximum Gasteiger partial charge on any atom is 0.332 e. The number of carbonyl (C=O) groups is 2. The number of carboxylic acid groups (broad SMARTS) is 1. The van der Waals surface area contributed by atoms with Gasteiger partial charge in [0.2, 0.25) is 0 Å². The van der Waals surface area contributed by atoms with E-state index >= 15 is 0 Å². The Morgan fingerprint density at radius 1 is 1.31 bits per heavy atom. The molecule has 1 saturated heterocycles. The highest BCUT2D eigenvalue weighted by Gasteiger charge is 2.56. The maximum absolute atomic E-state index is 13.9. The standard InChI is InChI=1S/C22H23BrN4O3S2/c1-21(2,3)15-6-5-14(11-16(15)23)18(28)27-19(17-24-8-10-31-17)32-13-22(27,20(29)30)12-26-9-4-7-25-26/h4-11,19H,12-13H2,1-3H3,(H,29,30). The predicted octanol–water partition coefficient (Wildman–Crippen LogP) is 4.81. The molecule has 1 aromatic carbocycles. The number of thioether (sulfide) groups is 1. The molecular weight excluding hydrogens is 512 g/mol. The normalized spacial score (nSPS) is 21.1. The molecule has 1 amide bonds. The topological polar surface area (TPSA) is 88.3 Å². The molecular formula is C22H23BrN4O3S2. The second-order valence-corrected chi connectivity index (χ2v) is 11.5. The van der Waals surface area contributed by atoms with Crippen LogP contribution in [0.1, 0.15) is 47.1 Å². The molecule has 0 radical (unpaired) electrons. The lowest BCUT2D eigenvalue weighted by molar-refractivity contribution is -0.149. The number of aliphatic carboxylic acids is 1. The fourth-order valence-electron chi connectivity index (χ4n) is 3.84.